The molecule has 0 aliphatic heterocycles. The zero-order valence-electron chi connectivity index (χ0n) is 20.2. The number of fused-ring (bicyclic) bond motifs is 1. The number of aromatic nitrogens is 1. The van der Waals surface area contributed by atoms with Crippen molar-refractivity contribution >= 4 is 39.0 Å². The first-order valence-electron chi connectivity index (χ1n) is 11.6. The van der Waals surface area contributed by atoms with E-state index in [0.29, 0.717) is 17.4 Å². The number of aryl methyl sites for hydroxylation is 1. The second kappa shape index (κ2) is 12.2. The highest BCUT2D eigenvalue weighted by molar-refractivity contribution is 7.92. The highest BCUT2D eigenvalue weighted by atomic mass is 32.2. The molecular weight excluding hydrogens is 571 g/mol. The number of rotatable bonds is 12. The first-order chi connectivity index (χ1) is 18.6. The van der Waals surface area contributed by atoms with Gasteiger partial charge in [0, 0.05) is 40.8 Å². The molecule has 2 aromatic heterocycles. The molecule has 204 valence electrons. The second-order valence-corrected chi connectivity index (χ2v) is 13.1. The summed E-state index contributed by atoms with van der Waals surface area (Å²) in [5, 5.41) is 8.79. The Kier molecular flexibility index (Phi) is 8.94. The molecule has 2 heterocycles. The standard InChI is InChI=1S/C25H22F2N3O6PS2/c26-22-12-19(7-6-18(22)16-28)36-37(31,32)17-29-39(33,34)25-15-21-23(27)13-20(14-24(21)38-25)35-11-5-4-10-30-8-2-1-3-9-30/h1-3,6-9,12-15,29H,4-5,10-11,17H2. The molecule has 9 nitrogen and oxygen atoms in total. The molecule has 1 unspecified atom stereocenters. The lowest BCUT2D eigenvalue weighted by atomic mass is 10.2. The van der Waals surface area contributed by atoms with E-state index in [1.54, 1.807) is 6.07 Å². The van der Waals surface area contributed by atoms with Gasteiger partial charge in [0.1, 0.15) is 40.0 Å². The zero-order valence-corrected chi connectivity index (χ0v) is 22.8. The third kappa shape index (κ3) is 7.59. The van der Waals surface area contributed by atoms with Gasteiger partial charge < -0.3 is 14.2 Å². The van der Waals surface area contributed by atoms with E-state index in [2.05, 4.69) is 0 Å². The van der Waals surface area contributed by atoms with E-state index < -0.39 is 41.3 Å². The smallest absolute Gasteiger partial charge is 0.250 e. The Morgan fingerprint density at radius 2 is 1.79 bits per heavy atom. The largest absolute Gasteiger partial charge is 0.768 e. The summed E-state index contributed by atoms with van der Waals surface area (Å²) in [7, 11) is -9.20. The fraction of sp³-hybridized carbons (Fsp3) is 0.200. The molecule has 0 aliphatic rings. The van der Waals surface area contributed by atoms with Crippen molar-refractivity contribution in [2.75, 3.05) is 12.9 Å². The Morgan fingerprint density at radius 3 is 2.51 bits per heavy atom. The number of sulfonamides is 1. The van der Waals surface area contributed by atoms with E-state index in [4.69, 9.17) is 14.5 Å². The zero-order chi connectivity index (χ0) is 28.0. The van der Waals surface area contributed by atoms with Crippen LogP contribution >= 0.6 is 18.9 Å². The van der Waals surface area contributed by atoms with Crippen LogP contribution in [0.25, 0.3) is 10.1 Å². The van der Waals surface area contributed by atoms with Crippen LogP contribution in [0.5, 0.6) is 11.5 Å². The average Bonchev–Trinajstić information content (AvgIpc) is 3.34. The predicted octanol–water partition coefficient (Wildman–Crippen LogP) is 4.07. The Bertz CT molecular complexity index is 1680. The third-order valence-corrected chi connectivity index (χ3v) is 9.62. The Hall–Kier alpha value is -3.40. The maximum atomic E-state index is 14.7. The van der Waals surface area contributed by atoms with Gasteiger partial charge in [-0.05, 0) is 30.7 Å². The number of halogens is 2. The number of thiophene rings is 1. The van der Waals surface area contributed by atoms with Crippen LogP contribution in [0.4, 0.5) is 8.78 Å². The van der Waals surface area contributed by atoms with Crippen molar-refractivity contribution < 1.29 is 40.5 Å². The SMILES string of the molecule is N#Cc1ccc(OP(=O)([O-])CNS(=O)(=O)c2cc3c(F)cc(OCCCC[n+]4ccccc4)cc3s2)cc1F. The van der Waals surface area contributed by atoms with Gasteiger partial charge in [0.05, 0.1) is 18.5 Å². The summed E-state index contributed by atoms with van der Waals surface area (Å²) < 4.78 is 80.4. The number of hydrogen-bond donors (Lipinski definition) is 1. The molecule has 0 radical (unpaired) electrons. The Labute approximate surface area is 227 Å². The van der Waals surface area contributed by atoms with E-state index in [9.17, 15) is 26.7 Å². The Morgan fingerprint density at radius 1 is 1.05 bits per heavy atom. The van der Waals surface area contributed by atoms with Crippen molar-refractivity contribution in [3.05, 3.63) is 84.2 Å². The molecule has 0 fully saturated rings. The van der Waals surface area contributed by atoms with Crippen LogP contribution in [0.15, 0.2) is 71.2 Å². The number of hydrogen-bond acceptors (Lipinski definition) is 8. The number of benzene rings is 2. The van der Waals surface area contributed by atoms with E-state index in [1.165, 1.54) is 12.1 Å². The van der Waals surface area contributed by atoms with Crippen molar-refractivity contribution in [2.45, 2.75) is 23.6 Å². The normalized spacial score (nSPS) is 13.1. The summed E-state index contributed by atoms with van der Waals surface area (Å²) in [6, 6.07) is 14.0. The van der Waals surface area contributed by atoms with Crippen molar-refractivity contribution in [3.63, 3.8) is 0 Å². The molecule has 4 aromatic rings. The topological polar surface area (TPSA) is 132 Å². The monoisotopic (exact) mass is 593 g/mol. The summed E-state index contributed by atoms with van der Waals surface area (Å²) in [5.41, 5.74) is -0.309. The van der Waals surface area contributed by atoms with E-state index in [1.807, 2.05) is 39.9 Å². The van der Waals surface area contributed by atoms with Crippen LogP contribution in [-0.2, 0) is 21.1 Å². The van der Waals surface area contributed by atoms with Crippen molar-refractivity contribution in [1.82, 2.24) is 4.72 Å². The summed E-state index contributed by atoms with van der Waals surface area (Å²) >= 11 is 0.748. The summed E-state index contributed by atoms with van der Waals surface area (Å²) in [4.78, 5) is 12.3. The van der Waals surface area contributed by atoms with Gasteiger partial charge in [-0.15, -0.1) is 11.3 Å². The maximum Gasteiger partial charge on any atom is 0.250 e. The van der Waals surface area contributed by atoms with Crippen molar-refractivity contribution in [1.29, 1.82) is 5.26 Å². The first-order valence-corrected chi connectivity index (χ1v) is 15.6. The van der Waals surface area contributed by atoms with Crippen LogP contribution in [0.3, 0.4) is 0 Å². The van der Waals surface area contributed by atoms with Gasteiger partial charge >= 0.3 is 0 Å². The van der Waals surface area contributed by atoms with Crippen LogP contribution in [0, 0.1) is 23.0 Å². The maximum absolute atomic E-state index is 14.7. The number of unbranched alkanes of at least 4 members (excludes halogenated alkanes) is 1. The fourth-order valence-electron chi connectivity index (χ4n) is 3.51. The number of nitrogens with one attached hydrogen (secondary N) is 1. The van der Waals surface area contributed by atoms with Gasteiger partial charge in [-0.1, -0.05) is 6.07 Å². The molecule has 0 aliphatic carbocycles. The minimum absolute atomic E-state index is 0.0443. The van der Waals surface area contributed by atoms with Gasteiger partial charge in [-0.25, -0.2) is 26.5 Å². The lowest BCUT2D eigenvalue weighted by Crippen LogP contribution is -2.32. The number of pyridine rings is 1. The number of ether oxygens (including phenoxy) is 1. The molecule has 1 N–H and O–H groups in total. The predicted molar refractivity (Wildman–Crippen MR) is 138 cm³/mol. The Balaban J connectivity index is 1.37. The minimum atomic E-state index is -4.85. The van der Waals surface area contributed by atoms with Gasteiger partial charge in [0.15, 0.2) is 20.0 Å². The molecule has 1 atom stereocenters. The summed E-state index contributed by atoms with van der Waals surface area (Å²) in [6.45, 7) is 1.15. The first kappa shape index (κ1) is 28.6. The second-order valence-electron chi connectivity index (χ2n) is 8.31. The van der Waals surface area contributed by atoms with Gasteiger partial charge in [-0.3, -0.25) is 4.57 Å². The fourth-order valence-corrected chi connectivity index (χ4v) is 7.45. The molecule has 0 saturated heterocycles. The van der Waals surface area contributed by atoms with Crippen LogP contribution in [0.2, 0.25) is 0 Å². The highest BCUT2D eigenvalue weighted by Gasteiger charge is 2.23. The number of nitriles is 1. The summed E-state index contributed by atoms with van der Waals surface area (Å²) in [6.07, 6.45) is 4.35. The van der Waals surface area contributed by atoms with Gasteiger partial charge in [0.25, 0.3) is 10.0 Å². The summed E-state index contributed by atoms with van der Waals surface area (Å²) in [5.74, 6) is -1.84. The molecule has 39 heavy (non-hydrogen) atoms. The average molecular weight is 594 g/mol. The van der Waals surface area contributed by atoms with Crippen LogP contribution < -0.4 is 23.4 Å². The van der Waals surface area contributed by atoms with Gasteiger partial charge in [0.2, 0.25) is 0 Å². The molecule has 0 bridgehead atoms. The lowest BCUT2D eigenvalue weighted by molar-refractivity contribution is -0.697. The molecule has 2 aromatic carbocycles. The van der Waals surface area contributed by atoms with Gasteiger partial charge in [-0.2, -0.15) is 5.26 Å². The molecule has 14 heteroatoms. The molecule has 0 amide bonds. The van der Waals surface area contributed by atoms with E-state index >= 15 is 0 Å². The molecule has 4 rings (SSSR count). The molecule has 0 spiro atoms. The molecule has 0 saturated carbocycles. The lowest BCUT2D eigenvalue weighted by Gasteiger charge is -2.24. The molecular formula is C25H22F2N3O6PS2. The number of nitrogens with zero attached hydrogens (tertiary/aromatic N) is 2. The van der Waals surface area contributed by atoms with E-state index in [-0.39, 0.29) is 20.9 Å². The van der Waals surface area contributed by atoms with Crippen LogP contribution in [-0.4, -0.2) is 21.3 Å². The van der Waals surface area contributed by atoms with E-state index in [0.717, 1.165) is 48.9 Å². The van der Waals surface area contributed by atoms with Crippen molar-refractivity contribution in [2.24, 2.45) is 0 Å². The highest BCUT2D eigenvalue weighted by Crippen LogP contribution is 2.39. The minimum Gasteiger partial charge on any atom is -0.768 e. The van der Waals surface area contributed by atoms with Crippen LogP contribution in [0.1, 0.15) is 18.4 Å². The van der Waals surface area contributed by atoms with Crippen molar-refractivity contribution in [3.8, 4) is 17.6 Å². The third-order valence-electron chi connectivity index (χ3n) is 5.41. The quantitative estimate of drug-likeness (QED) is 0.149.